The summed E-state index contributed by atoms with van der Waals surface area (Å²) in [5.41, 5.74) is 0.958. The number of hydrogen-bond donors (Lipinski definition) is 1. The Bertz CT molecular complexity index is 453. The fourth-order valence-corrected chi connectivity index (χ4v) is 2.77. The lowest BCUT2D eigenvalue weighted by Crippen LogP contribution is -2.38. The molecule has 1 N–H and O–H groups in total. The van der Waals surface area contributed by atoms with Crippen LogP contribution in [0.5, 0.6) is 0 Å². The van der Waals surface area contributed by atoms with Gasteiger partial charge in [-0.05, 0) is 31.7 Å². The van der Waals surface area contributed by atoms with Gasteiger partial charge in [0.05, 0.1) is 0 Å². The number of amides is 1. The molecule has 1 aliphatic heterocycles. The van der Waals surface area contributed by atoms with Crippen molar-refractivity contribution in [3.05, 3.63) is 35.9 Å². The molecular weight excluding hydrogens is 224 g/mol. The topological polar surface area (TPSA) is 32.3 Å². The smallest absolute Gasteiger partial charge is 0.244 e. The summed E-state index contributed by atoms with van der Waals surface area (Å²) in [6, 6.07) is 10.6. The predicted molar refractivity (Wildman–Crippen MR) is 70.9 cm³/mol. The Morgan fingerprint density at radius 3 is 2.61 bits per heavy atom. The third-order valence-corrected chi connectivity index (χ3v) is 4.27. The Morgan fingerprint density at radius 1 is 1.39 bits per heavy atom. The van der Waals surface area contributed by atoms with E-state index in [2.05, 4.69) is 31.3 Å². The standard InChI is InChI=1S/C15H20N2O/c1-3-11(2)17-13(12-7-5-4-6-8-12)16-15(9-10-15)14(17)18/h4-8,11,13,16H,3,9-10H2,1-2H3. The molecule has 1 aliphatic carbocycles. The lowest BCUT2D eigenvalue weighted by atomic mass is 10.1. The third kappa shape index (κ3) is 1.65. The number of nitrogens with zero attached hydrogens (tertiary/aromatic N) is 1. The summed E-state index contributed by atoms with van der Waals surface area (Å²) < 4.78 is 0. The summed E-state index contributed by atoms with van der Waals surface area (Å²) >= 11 is 0. The van der Waals surface area contributed by atoms with E-state index in [0.29, 0.717) is 5.91 Å². The second-order valence-corrected chi connectivity index (χ2v) is 5.51. The van der Waals surface area contributed by atoms with Gasteiger partial charge in [0, 0.05) is 6.04 Å². The van der Waals surface area contributed by atoms with Crippen molar-refractivity contribution in [2.24, 2.45) is 0 Å². The summed E-state index contributed by atoms with van der Waals surface area (Å²) in [4.78, 5) is 14.6. The molecule has 18 heavy (non-hydrogen) atoms. The van der Waals surface area contributed by atoms with Crippen LogP contribution in [-0.4, -0.2) is 22.4 Å². The average molecular weight is 244 g/mol. The van der Waals surface area contributed by atoms with E-state index in [1.807, 2.05) is 23.1 Å². The number of hydrogen-bond acceptors (Lipinski definition) is 2. The molecule has 0 radical (unpaired) electrons. The van der Waals surface area contributed by atoms with Crippen molar-refractivity contribution in [3.63, 3.8) is 0 Å². The minimum atomic E-state index is -0.232. The van der Waals surface area contributed by atoms with Crippen molar-refractivity contribution in [1.29, 1.82) is 0 Å². The molecule has 1 aromatic carbocycles. The molecule has 2 unspecified atom stereocenters. The van der Waals surface area contributed by atoms with E-state index in [1.165, 1.54) is 5.56 Å². The summed E-state index contributed by atoms with van der Waals surface area (Å²) in [5.74, 6) is 0.297. The van der Waals surface area contributed by atoms with E-state index in [1.54, 1.807) is 0 Å². The van der Waals surface area contributed by atoms with Crippen LogP contribution in [0.2, 0.25) is 0 Å². The molecular formula is C15H20N2O. The van der Waals surface area contributed by atoms with Crippen molar-refractivity contribution in [2.45, 2.75) is 50.9 Å². The van der Waals surface area contributed by atoms with Crippen molar-refractivity contribution in [3.8, 4) is 0 Å². The summed E-state index contributed by atoms with van der Waals surface area (Å²) in [6.45, 7) is 4.27. The van der Waals surface area contributed by atoms with Gasteiger partial charge in [0.25, 0.3) is 0 Å². The van der Waals surface area contributed by atoms with Crippen LogP contribution in [0.4, 0.5) is 0 Å². The van der Waals surface area contributed by atoms with E-state index < -0.39 is 0 Å². The van der Waals surface area contributed by atoms with Crippen molar-refractivity contribution >= 4 is 5.91 Å². The highest BCUT2D eigenvalue weighted by atomic mass is 16.2. The Hall–Kier alpha value is -1.35. The first-order chi connectivity index (χ1) is 8.68. The van der Waals surface area contributed by atoms with Gasteiger partial charge in [-0.15, -0.1) is 0 Å². The van der Waals surface area contributed by atoms with E-state index in [4.69, 9.17) is 0 Å². The largest absolute Gasteiger partial charge is 0.319 e. The molecule has 1 heterocycles. The SMILES string of the molecule is CCC(C)N1C(=O)C2(CC2)NC1c1ccccc1. The summed E-state index contributed by atoms with van der Waals surface area (Å²) in [7, 11) is 0. The highest BCUT2D eigenvalue weighted by Gasteiger charge is 2.59. The zero-order valence-electron chi connectivity index (χ0n) is 11.0. The lowest BCUT2D eigenvalue weighted by Gasteiger charge is -2.30. The van der Waals surface area contributed by atoms with Gasteiger partial charge in [0.2, 0.25) is 5.91 Å². The second kappa shape index (κ2) is 4.09. The fraction of sp³-hybridized carbons (Fsp3) is 0.533. The monoisotopic (exact) mass is 244 g/mol. The molecule has 2 atom stereocenters. The third-order valence-electron chi connectivity index (χ3n) is 4.27. The van der Waals surface area contributed by atoms with Gasteiger partial charge in [0.15, 0.2) is 0 Å². The Labute approximate surface area is 108 Å². The zero-order chi connectivity index (χ0) is 12.8. The quantitative estimate of drug-likeness (QED) is 0.885. The minimum absolute atomic E-state index is 0.0520. The van der Waals surface area contributed by atoms with E-state index in [0.717, 1.165) is 19.3 Å². The van der Waals surface area contributed by atoms with Crippen LogP contribution in [0.3, 0.4) is 0 Å². The summed E-state index contributed by atoms with van der Waals surface area (Å²) in [5, 5.41) is 3.55. The van der Waals surface area contributed by atoms with Crippen LogP contribution in [-0.2, 0) is 4.79 Å². The highest BCUT2D eigenvalue weighted by molar-refractivity contribution is 5.92. The van der Waals surface area contributed by atoms with Gasteiger partial charge in [-0.25, -0.2) is 0 Å². The molecule has 3 nitrogen and oxygen atoms in total. The van der Waals surface area contributed by atoms with Gasteiger partial charge < -0.3 is 4.90 Å². The van der Waals surface area contributed by atoms with Crippen LogP contribution in [0.25, 0.3) is 0 Å². The first kappa shape index (κ1) is 11.7. The molecule has 2 fully saturated rings. The van der Waals surface area contributed by atoms with Gasteiger partial charge in [-0.3, -0.25) is 10.1 Å². The van der Waals surface area contributed by atoms with Gasteiger partial charge in [-0.1, -0.05) is 37.3 Å². The molecule has 3 rings (SSSR count). The predicted octanol–water partition coefficient (Wildman–Crippen LogP) is 2.45. The molecule has 96 valence electrons. The van der Waals surface area contributed by atoms with Crippen molar-refractivity contribution in [1.82, 2.24) is 10.2 Å². The number of nitrogens with one attached hydrogen (secondary N) is 1. The minimum Gasteiger partial charge on any atom is -0.319 e. The van der Waals surface area contributed by atoms with E-state index >= 15 is 0 Å². The van der Waals surface area contributed by atoms with Crippen LogP contribution in [0.15, 0.2) is 30.3 Å². The molecule has 3 heteroatoms. The number of carbonyl (C=O) groups is 1. The number of carbonyl (C=O) groups excluding carboxylic acids is 1. The van der Waals surface area contributed by atoms with Gasteiger partial charge in [-0.2, -0.15) is 0 Å². The van der Waals surface area contributed by atoms with Crippen molar-refractivity contribution < 1.29 is 4.79 Å². The Kier molecular flexibility index (Phi) is 2.67. The normalized spacial score (nSPS) is 26.7. The molecule has 2 aliphatic rings. The van der Waals surface area contributed by atoms with Crippen molar-refractivity contribution in [2.75, 3.05) is 0 Å². The molecule has 1 aromatic rings. The number of rotatable bonds is 3. The summed E-state index contributed by atoms with van der Waals surface area (Å²) in [6.07, 6.45) is 3.02. The molecule has 1 spiro atoms. The number of benzene rings is 1. The van der Waals surface area contributed by atoms with Crippen LogP contribution >= 0.6 is 0 Å². The fourth-order valence-electron chi connectivity index (χ4n) is 2.77. The van der Waals surface area contributed by atoms with Crippen LogP contribution < -0.4 is 5.32 Å². The first-order valence-electron chi connectivity index (χ1n) is 6.83. The molecule has 1 saturated heterocycles. The first-order valence-corrected chi connectivity index (χ1v) is 6.83. The maximum atomic E-state index is 12.5. The van der Waals surface area contributed by atoms with Gasteiger partial charge >= 0.3 is 0 Å². The maximum Gasteiger partial charge on any atom is 0.244 e. The van der Waals surface area contributed by atoms with Crippen LogP contribution in [0.1, 0.15) is 44.8 Å². The lowest BCUT2D eigenvalue weighted by molar-refractivity contribution is -0.132. The average Bonchev–Trinajstić information content (AvgIpc) is 3.13. The molecule has 1 saturated carbocycles. The zero-order valence-corrected chi connectivity index (χ0v) is 11.0. The van der Waals surface area contributed by atoms with E-state index in [9.17, 15) is 4.79 Å². The molecule has 0 bridgehead atoms. The van der Waals surface area contributed by atoms with Crippen LogP contribution in [0, 0.1) is 0 Å². The molecule has 0 aromatic heterocycles. The van der Waals surface area contributed by atoms with Gasteiger partial charge in [0.1, 0.15) is 11.7 Å². The molecule has 1 amide bonds. The maximum absolute atomic E-state index is 12.5. The Morgan fingerprint density at radius 2 is 2.06 bits per heavy atom. The van der Waals surface area contributed by atoms with E-state index in [-0.39, 0.29) is 17.7 Å². The second-order valence-electron chi connectivity index (χ2n) is 5.51. The Balaban J connectivity index is 1.95. The highest BCUT2D eigenvalue weighted by Crippen LogP contribution is 2.46.